The smallest absolute Gasteiger partial charge is 0.406 e. The third-order valence-electron chi connectivity index (χ3n) is 2.32. The van der Waals surface area contributed by atoms with Crippen molar-refractivity contribution in [3.63, 3.8) is 0 Å². The van der Waals surface area contributed by atoms with Gasteiger partial charge in [0, 0.05) is 18.0 Å². The molecule has 0 aliphatic rings. The van der Waals surface area contributed by atoms with E-state index in [0.717, 1.165) is 12.1 Å². The third kappa shape index (κ3) is 4.71. The van der Waals surface area contributed by atoms with Crippen molar-refractivity contribution >= 4 is 17.4 Å². The molecule has 0 saturated carbocycles. The molecule has 0 saturated heterocycles. The molecule has 112 valence electrons. The topological polar surface area (TPSA) is 82.2 Å². The van der Waals surface area contributed by atoms with Crippen molar-refractivity contribution < 1.29 is 22.7 Å². The van der Waals surface area contributed by atoms with Gasteiger partial charge in [0.05, 0.1) is 0 Å². The van der Waals surface area contributed by atoms with E-state index in [9.17, 15) is 18.0 Å². The Kier molecular flexibility index (Phi) is 4.01. The Morgan fingerprint density at radius 3 is 2.76 bits per heavy atom. The highest BCUT2D eigenvalue weighted by Crippen LogP contribution is 2.24. The Hall–Kier alpha value is -2.71. The molecule has 21 heavy (non-hydrogen) atoms. The molecule has 1 aromatic carbocycles. The number of nitrogens with two attached hydrogens (primary N) is 1. The standard InChI is InChI=1S/C12H11F3N4O2/c13-12(14,15)21-9-3-1-2-8(6-9)17-11(20)7-19-5-4-10(16)18-19/h1-6H,7H2,(H2,16,18)(H,17,20). The van der Waals surface area contributed by atoms with Gasteiger partial charge in [-0.3, -0.25) is 9.48 Å². The number of rotatable bonds is 4. The van der Waals surface area contributed by atoms with Crippen LogP contribution in [0.1, 0.15) is 0 Å². The molecule has 0 aliphatic heterocycles. The summed E-state index contributed by atoms with van der Waals surface area (Å²) in [5.41, 5.74) is 5.58. The van der Waals surface area contributed by atoms with Crippen LogP contribution in [0.25, 0.3) is 0 Å². The maximum absolute atomic E-state index is 12.1. The van der Waals surface area contributed by atoms with Gasteiger partial charge in [-0.25, -0.2) is 0 Å². The number of nitrogen functional groups attached to an aromatic ring is 1. The zero-order valence-corrected chi connectivity index (χ0v) is 10.6. The summed E-state index contributed by atoms with van der Waals surface area (Å²) in [5.74, 6) is -0.603. The second-order valence-corrected chi connectivity index (χ2v) is 4.06. The molecule has 0 unspecified atom stereocenters. The number of anilines is 2. The normalized spacial score (nSPS) is 11.2. The zero-order valence-electron chi connectivity index (χ0n) is 10.6. The van der Waals surface area contributed by atoms with Crippen LogP contribution in [0, 0.1) is 0 Å². The highest BCUT2D eigenvalue weighted by atomic mass is 19.4. The Labute approximate surface area is 117 Å². The first-order chi connectivity index (χ1) is 9.82. The van der Waals surface area contributed by atoms with Gasteiger partial charge in [-0.2, -0.15) is 5.10 Å². The summed E-state index contributed by atoms with van der Waals surface area (Å²) in [7, 11) is 0. The van der Waals surface area contributed by atoms with Crippen molar-refractivity contribution in [3.8, 4) is 5.75 Å². The predicted octanol–water partition coefficient (Wildman–Crippen LogP) is 2.00. The molecule has 1 amide bonds. The Morgan fingerprint density at radius 2 is 2.14 bits per heavy atom. The number of carbonyl (C=O) groups excluding carboxylic acids is 1. The highest BCUT2D eigenvalue weighted by molar-refractivity contribution is 5.90. The Bertz CT molecular complexity index is 639. The summed E-state index contributed by atoms with van der Waals surface area (Å²) >= 11 is 0. The minimum absolute atomic E-state index is 0.110. The predicted molar refractivity (Wildman–Crippen MR) is 68.4 cm³/mol. The maximum atomic E-state index is 12.1. The molecule has 0 fully saturated rings. The van der Waals surface area contributed by atoms with Crippen molar-refractivity contribution in [1.82, 2.24) is 9.78 Å². The molecular weight excluding hydrogens is 289 g/mol. The molecule has 2 rings (SSSR count). The van der Waals surface area contributed by atoms with Gasteiger partial charge in [-0.15, -0.1) is 13.2 Å². The fourth-order valence-electron chi connectivity index (χ4n) is 1.58. The average Bonchev–Trinajstić information content (AvgIpc) is 2.72. The van der Waals surface area contributed by atoms with Crippen LogP contribution in [0.15, 0.2) is 36.5 Å². The van der Waals surface area contributed by atoms with E-state index in [1.807, 2.05) is 0 Å². The molecule has 1 aromatic heterocycles. The number of carbonyl (C=O) groups is 1. The molecule has 0 atom stereocenters. The van der Waals surface area contributed by atoms with Gasteiger partial charge in [-0.05, 0) is 18.2 Å². The lowest BCUT2D eigenvalue weighted by Crippen LogP contribution is -2.20. The van der Waals surface area contributed by atoms with Crippen LogP contribution >= 0.6 is 0 Å². The lowest BCUT2D eigenvalue weighted by Gasteiger charge is -2.10. The van der Waals surface area contributed by atoms with E-state index in [1.165, 1.54) is 29.1 Å². The number of halogens is 3. The van der Waals surface area contributed by atoms with Gasteiger partial charge < -0.3 is 15.8 Å². The SMILES string of the molecule is Nc1ccn(CC(=O)Nc2cccc(OC(F)(F)F)c2)n1. The number of amides is 1. The molecule has 1 heterocycles. The summed E-state index contributed by atoms with van der Waals surface area (Å²) in [5, 5.41) is 6.26. The van der Waals surface area contributed by atoms with E-state index in [1.54, 1.807) is 0 Å². The van der Waals surface area contributed by atoms with Gasteiger partial charge in [0.1, 0.15) is 18.1 Å². The first kappa shape index (κ1) is 14.7. The number of aromatic nitrogens is 2. The number of ether oxygens (including phenoxy) is 1. The van der Waals surface area contributed by atoms with Crippen molar-refractivity contribution in [3.05, 3.63) is 36.5 Å². The summed E-state index contributed by atoms with van der Waals surface area (Å²) in [6, 6.07) is 6.51. The number of hydrogen-bond acceptors (Lipinski definition) is 4. The minimum atomic E-state index is -4.78. The summed E-state index contributed by atoms with van der Waals surface area (Å²) in [4.78, 5) is 11.7. The molecule has 6 nitrogen and oxygen atoms in total. The first-order valence-electron chi connectivity index (χ1n) is 5.76. The second-order valence-electron chi connectivity index (χ2n) is 4.06. The Morgan fingerprint density at radius 1 is 1.38 bits per heavy atom. The van der Waals surface area contributed by atoms with Crippen LogP contribution in [-0.2, 0) is 11.3 Å². The number of hydrogen-bond donors (Lipinski definition) is 2. The highest BCUT2D eigenvalue weighted by Gasteiger charge is 2.31. The number of benzene rings is 1. The van der Waals surface area contributed by atoms with E-state index in [2.05, 4.69) is 15.2 Å². The van der Waals surface area contributed by atoms with Crippen LogP contribution in [-0.4, -0.2) is 22.1 Å². The van der Waals surface area contributed by atoms with Gasteiger partial charge in [0.15, 0.2) is 0 Å². The lowest BCUT2D eigenvalue weighted by molar-refractivity contribution is -0.274. The Balaban J connectivity index is 1.99. The van der Waals surface area contributed by atoms with Gasteiger partial charge >= 0.3 is 6.36 Å². The van der Waals surface area contributed by atoms with E-state index in [0.29, 0.717) is 0 Å². The number of nitrogens with zero attached hydrogens (tertiary/aromatic N) is 2. The number of alkyl halides is 3. The van der Waals surface area contributed by atoms with E-state index in [4.69, 9.17) is 5.73 Å². The largest absolute Gasteiger partial charge is 0.573 e. The van der Waals surface area contributed by atoms with Crippen LogP contribution in [0.2, 0.25) is 0 Å². The van der Waals surface area contributed by atoms with Gasteiger partial charge in [0.25, 0.3) is 0 Å². The van der Waals surface area contributed by atoms with Gasteiger partial charge in [0.2, 0.25) is 5.91 Å². The molecule has 0 aliphatic carbocycles. The summed E-state index contributed by atoms with van der Waals surface area (Å²) in [6.07, 6.45) is -3.27. The lowest BCUT2D eigenvalue weighted by atomic mass is 10.3. The average molecular weight is 300 g/mol. The van der Waals surface area contributed by atoms with Crippen LogP contribution in [0.3, 0.4) is 0 Å². The van der Waals surface area contributed by atoms with E-state index in [-0.39, 0.29) is 18.1 Å². The quantitative estimate of drug-likeness (QED) is 0.905. The van der Waals surface area contributed by atoms with E-state index < -0.39 is 18.0 Å². The third-order valence-corrected chi connectivity index (χ3v) is 2.32. The minimum Gasteiger partial charge on any atom is -0.406 e. The van der Waals surface area contributed by atoms with Crippen LogP contribution < -0.4 is 15.8 Å². The fraction of sp³-hybridized carbons (Fsp3) is 0.167. The van der Waals surface area contributed by atoms with Crippen molar-refractivity contribution in [2.75, 3.05) is 11.1 Å². The molecule has 0 radical (unpaired) electrons. The molecule has 0 bridgehead atoms. The maximum Gasteiger partial charge on any atom is 0.573 e. The first-order valence-corrected chi connectivity index (χ1v) is 5.76. The zero-order chi connectivity index (χ0) is 15.5. The molecule has 0 spiro atoms. The number of nitrogens with one attached hydrogen (secondary N) is 1. The van der Waals surface area contributed by atoms with Gasteiger partial charge in [-0.1, -0.05) is 6.07 Å². The van der Waals surface area contributed by atoms with Crippen LogP contribution in [0.4, 0.5) is 24.7 Å². The molecular formula is C12H11F3N4O2. The van der Waals surface area contributed by atoms with Crippen molar-refractivity contribution in [2.24, 2.45) is 0 Å². The monoisotopic (exact) mass is 300 g/mol. The second kappa shape index (κ2) is 5.73. The van der Waals surface area contributed by atoms with Crippen molar-refractivity contribution in [1.29, 1.82) is 0 Å². The molecule has 9 heteroatoms. The molecule has 3 N–H and O–H groups in total. The van der Waals surface area contributed by atoms with Crippen molar-refractivity contribution in [2.45, 2.75) is 12.9 Å². The van der Waals surface area contributed by atoms with E-state index >= 15 is 0 Å². The summed E-state index contributed by atoms with van der Waals surface area (Å²) < 4.78 is 41.3. The summed E-state index contributed by atoms with van der Waals surface area (Å²) in [6.45, 7) is -0.110. The molecule has 2 aromatic rings. The van der Waals surface area contributed by atoms with Crippen LogP contribution in [0.5, 0.6) is 5.75 Å². The fourth-order valence-corrected chi connectivity index (χ4v) is 1.58.